The average Bonchev–Trinajstić information content (AvgIpc) is 2.96. The fourth-order valence-electron chi connectivity index (χ4n) is 3.09. The van der Waals surface area contributed by atoms with Gasteiger partial charge in [-0.15, -0.1) is 0 Å². The van der Waals surface area contributed by atoms with E-state index in [0.29, 0.717) is 35.9 Å². The van der Waals surface area contributed by atoms with Crippen LogP contribution in [0.1, 0.15) is 50.1 Å². The van der Waals surface area contributed by atoms with Crippen LogP contribution in [-0.2, 0) is 16.1 Å². The van der Waals surface area contributed by atoms with Gasteiger partial charge in [0.1, 0.15) is 11.5 Å². The number of nitrogens with zero attached hydrogens (tertiary/aromatic N) is 2. The van der Waals surface area contributed by atoms with Crippen molar-refractivity contribution in [3.8, 4) is 5.75 Å². The Morgan fingerprint density at radius 3 is 2.78 bits per heavy atom. The van der Waals surface area contributed by atoms with E-state index in [4.69, 9.17) is 9.26 Å². The van der Waals surface area contributed by atoms with Gasteiger partial charge in [-0.25, -0.2) is 0 Å². The highest BCUT2D eigenvalue weighted by atomic mass is 16.5. The van der Waals surface area contributed by atoms with Gasteiger partial charge in [0.2, 0.25) is 5.91 Å². The minimum Gasteiger partial charge on any atom is -0.479 e. The number of hydrogen-bond donors (Lipinski definition) is 1. The molecule has 0 radical (unpaired) electrons. The van der Waals surface area contributed by atoms with Crippen molar-refractivity contribution in [1.29, 1.82) is 0 Å². The summed E-state index contributed by atoms with van der Waals surface area (Å²) in [7, 11) is 0. The van der Waals surface area contributed by atoms with Crippen LogP contribution in [0.25, 0.3) is 0 Å². The first-order valence-electron chi connectivity index (χ1n) is 9.24. The van der Waals surface area contributed by atoms with Crippen molar-refractivity contribution in [1.82, 2.24) is 5.16 Å². The van der Waals surface area contributed by atoms with E-state index in [2.05, 4.69) is 10.5 Å². The maximum atomic E-state index is 12.8. The topological polar surface area (TPSA) is 84.7 Å². The SMILES string of the molecule is CCCCC(=O)Nc1ccc2c(c1)N(Cc1c(C)noc1C)C(=O)C(C)O2. The van der Waals surface area contributed by atoms with Crippen LogP contribution in [0.4, 0.5) is 11.4 Å². The molecular weight excluding hydrogens is 346 g/mol. The molecular formula is C20H25N3O4. The third-order valence-corrected chi connectivity index (χ3v) is 4.71. The molecule has 0 saturated carbocycles. The Bertz CT molecular complexity index is 839. The van der Waals surface area contributed by atoms with Gasteiger partial charge in [-0.3, -0.25) is 9.59 Å². The van der Waals surface area contributed by atoms with Crippen LogP contribution >= 0.6 is 0 Å². The molecule has 1 unspecified atom stereocenters. The number of nitrogens with one attached hydrogen (secondary N) is 1. The van der Waals surface area contributed by atoms with Crippen molar-refractivity contribution < 1.29 is 18.8 Å². The number of aromatic nitrogens is 1. The summed E-state index contributed by atoms with van der Waals surface area (Å²) in [6, 6.07) is 5.36. The van der Waals surface area contributed by atoms with Gasteiger partial charge in [0.15, 0.2) is 6.10 Å². The normalized spacial score (nSPS) is 16.1. The smallest absolute Gasteiger partial charge is 0.268 e. The molecule has 7 heteroatoms. The Kier molecular flexibility index (Phi) is 5.48. The summed E-state index contributed by atoms with van der Waals surface area (Å²) in [4.78, 5) is 26.5. The Balaban J connectivity index is 1.90. The van der Waals surface area contributed by atoms with Gasteiger partial charge in [-0.2, -0.15) is 0 Å². The number of fused-ring (bicyclic) bond motifs is 1. The van der Waals surface area contributed by atoms with Crippen molar-refractivity contribution in [3.63, 3.8) is 0 Å². The second kappa shape index (κ2) is 7.82. The molecule has 2 aromatic rings. The van der Waals surface area contributed by atoms with Crippen LogP contribution in [-0.4, -0.2) is 23.1 Å². The Morgan fingerprint density at radius 1 is 1.33 bits per heavy atom. The van der Waals surface area contributed by atoms with E-state index >= 15 is 0 Å². The summed E-state index contributed by atoms with van der Waals surface area (Å²) in [5.74, 6) is 1.12. The summed E-state index contributed by atoms with van der Waals surface area (Å²) in [6.07, 6.45) is 1.70. The predicted molar refractivity (Wildman–Crippen MR) is 102 cm³/mol. The van der Waals surface area contributed by atoms with E-state index in [1.807, 2.05) is 20.8 Å². The number of hydrogen-bond acceptors (Lipinski definition) is 5. The van der Waals surface area contributed by atoms with Gasteiger partial charge in [0, 0.05) is 17.7 Å². The molecule has 0 fully saturated rings. The highest BCUT2D eigenvalue weighted by Gasteiger charge is 2.33. The lowest BCUT2D eigenvalue weighted by molar-refractivity contribution is -0.125. The molecule has 1 aromatic heterocycles. The van der Waals surface area contributed by atoms with Crippen molar-refractivity contribution in [2.45, 2.75) is 59.6 Å². The molecule has 0 bridgehead atoms. The Morgan fingerprint density at radius 2 is 2.11 bits per heavy atom. The quantitative estimate of drug-likeness (QED) is 0.836. The summed E-state index contributed by atoms with van der Waals surface area (Å²) < 4.78 is 11.0. The molecule has 1 aliphatic heterocycles. The second-order valence-corrected chi connectivity index (χ2v) is 6.82. The highest BCUT2D eigenvalue weighted by Crippen LogP contribution is 2.37. The third kappa shape index (κ3) is 3.97. The van der Waals surface area contributed by atoms with E-state index < -0.39 is 6.10 Å². The summed E-state index contributed by atoms with van der Waals surface area (Å²) in [5.41, 5.74) is 2.90. The van der Waals surface area contributed by atoms with Gasteiger partial charge >= 0.3 is 0 Å². The molecule has 7 nitrogen and oxygen atoms in total. The first-order valence-corrected chi connectivity index (χ1v) is 9.24. The monoisotopic (exact) mass is 371 g/mol. The largest absolute Gasteiger partial charge is 0.479 e. The standard InChI is InChI=1S/C20H25N3O4/c1-5-6-7-19(24)21-15-8-9-18-17(10-15)23(20(25)14(4)26-18)11-16-12(2)22-27-13(16)3/h8-10,14H,5-7,11H2,1-4H3,(H,21,24). The summed E-state index contributed by atoms with van der Waals surface area (Å²) in [6.45, 7) is 7.79. The second-order valence-electron chi connectivity index (χ2n) is 6.82. The van der Waals surface area contributed by atoms with Crippen LogP contribution in [0.5, 0.6) is 5.75 Å². The fraction of sp³-hybridized carbons (Fsp3) is 0.450. The Labute approximate surface area is 158 Å². The van der Waals surface area contributed by atoms with Gasteiger partial charge in [0.05, 0.1) is 17.9 Å². The van der Waals surface area contributed by atoms with E-state index in [0.717, 1.165) is 24.1 Å². The third-order valence-electron chi connectivity index (χ3n) is 4.71. The number of carbonyl (C=O) groups excluding carboxylic acids is 2. The number of carbonyl (C=O) groups is 2. The fourth-order valence-corrected chi connectivity index (χ4v) is 3.09. The van der Waals surface area contributed by atoms with Crippen LogP contribution in [0.15, 0.2) is 22.7 Å². The lowest BCUT2D eigenvalue weighted by Crippen LogP contribution is -2.44. The number of amides is 2. The zero-order valence-corrected chi connectivity index (χ0v) is 16.2. The lowest BCUT2D eigenvalue weighted by atomic mass is 10.1. The summed E-state index contributed by atoms with van der Waals surface area (Å²) >= 11 is 0. The molecule has 0 aliphatic carbocycles. The Hall–Kier alpha value is -2.83. The van der Waals surface area contributed by atoms with Crippen molar-refractivity contribution in [3.05, 3.63) is 35.2 Å². The first kappa shape index (κ1) is 18.9. The molecule has 1 aliphatic rings. The zero-order valence-electron chi connectivity index (χ0n) is 16.2. The molecule has 2 heterocycles. The number of rotatable bonds is 6. The molecule has 0 saturated heterocycles. The lowest BCUT2D eigenvalue weighted by Gasteiger charge is -2.33. The van der Waals surface area contributed by atoms with E-state index in [1.54, 1.807) is 30.0 Å². The van der Waals surface area contributed by atoms with Crippen molar-refractivity contribution >= 4 is 23.2 Å². The van der Waals surface area contributed by atoms with Crippen LogP contribution in [0, 0.1) is 13.8 Å². The van der Waals surface area contributed by atoms with Crippen LogP contribution in [0.2, 0.25) is 0 Å². The maximum Gasteiger partial charge on any atom is 0.268 e. The van der Waals surface area contributed by atoms with Gasteiger partial charge in [0.25, 0.3) is 5.91 Å². The van der Waals surface area contributed by atoms with Crippen molar-refractivity contribution in [2.24, 2.45) is 0 Å². The average molecular weight is 371 g/mol. The minimum atomic E-state index is -0.581. The molecule has 27 heavy (non-hydrogen) atoms. The van der Waals surface area contributed by atoms with E-state index in [1.165, 1.54) is 0 Å². The van der Waals surface area contributed by atoms with Gasteiger partial charge < -0.3 is 19.5 Å². The number of benzene rings is 1. The zero-order chi connectivity index (χ0) is 19.6. The first-order chi connectivity index (χ1) is 12.9. The van der Waals surface area contributed by atoms with Crippen LogP contribution in [0.3, 0.4) is 0 Å². The minimum absolute atomic E-state index is 0.0366. The van der Waals surface area contributed by atoms with Gasteiger partial charge in [-0.05, 0) is 45.4 Å². The van der Waals surface area contributed by atoms with Crippen molar-refractivity contribution in [2.75, 3.05) is 10.2 Å². The molecule has 1 N–H and O–H groups in total. The molecule has 1 atom stereocenters. The highest BCUT2D eigenvalue weighted by molar-refractivity contribution is 6.01. The number of ether oxygens (including phenoxy) is 1. The van der Waals surface area contributed by atoms with Crippen LogP contribution < -0.4 is 15.0 Å². The number of unbranched alkanes of at least 4 members (excludes halogenated alkanes) is 1. The summed E-state index contributed by atoms with van der Waals surface area (Å²) in [5, 5.41) is 6.86. The molecule has 2 amide bonds. The number of anilines is 2. The van der Waals surface area contributed by atoms with Gasteiger partial charge in [-0.1, -0.05) is 18.5 Å². The number of aryl methyl sites for hydroxylation is 2. The van der Waals surface area contributed by atoms with E-state index in [-0.39, 0.29) is 11.8 Å². The molecule has 144 valence electrons. The predicted octanol–water partition coefficient (Wildman–Crippen LogP) is 3.73. The molecule has 3 rings (SSSR count). The van der Waals surface area contributed by atoms with E-state index in [9.17, 15) is 9.59 Å². The molecule has 0 spiro atoms. The molecule has 1 aromatic carbocycles. The maximum absolute atomic E-state index is 12.8.